The number of rotatable bonds is 5. The highest BCUT2D eigenvalue weighted by Crippen LogP contribution is 2.18. The van der Waals surface area contributed by atoms with E-state index < -0.39 is 0 Å². The Morgan fingerprint density at radius 2 is 2.14 bits per heavy atom. The zero-order chi connectivity index (χ0) is 15.4. The smallest absolute Gasteiger partial charge is 0.271 e. The second-order valence-corrected chi connectivity index (χ2v) is 4.99. The number of nitrogens with zero attached hydrogens (tertiary/aromatic N) is 5. The van der Waals surface area contributed by atoms with E-state index >= 15 is 0 Å². The average Bonchev–Trinajstić information content (AvgIpc) is 3.15. The molecule has 9 nitrogen and oxygen atoms in total. The Bertz CT molecular complexity index is 771. The molecule has 0 spiro atoms. The summed E-state index contributed by atoms with van der Waals surface area (Å²) in [6.45, 7) is 1.84. The van der Waals surface area contributed by atoms with Gasteiger partial charge in [0.05, 0.1) is 6.54 Å². The van der Waals surface area contributed by atoms with Crippen molar-refractivity contribution in [2.24, 2.45) is 0 Å². The first kappa shape index (κ1) is 14.1. The fourth-order valence-electron chi connectivity index (χ4n) is 1.55. The van der Waals surface area contributed by atoms with Crippen LogP contribution in [0, 0.1) is 6.92 Å². The lowest BCUT2D eigenvalue weighted by molar-refractivity contribution is 0.0943. The van der Waals surface area contributed by atoms with Crippen LogP contribution in [0.3, 0.4) is 0 Å². The number of hydrogen-bond acceptors (Lipinski definition) is 9. The van der Waals surface area contributed by atoms with E-state index in [1.165, 1.54) is 11.3 Å². The van der Waals surface area contributed by atoms with Crippen LogP contribution in [-0.4, -0.2) is 31.1 Å². The van der Waals surface area contributed by atoms with Gasteiger partial charge in [-0.25, -0.2) is 15.0 Å². The molecule has 3 heterocycles. The molecule has 0 aliphatic carbocycles. The van der Waals surface area contributed by atoms with Crippen LogP contribution in [0.4, 0.5) is 11.1 Å². The van der Waals surface area contributed by atoms with Crippen molar-refractivity contribution >= 4 is 28.3 Å². The van der Waals surface area contributed by atoms with Crippen LogP contribution in [-0.2, 0) is 6.54 Å². The van der Waals surface area contributed by atoms with Crippen molar-refractivity contribution in [1.29, 1.82) is 0 Å². The molecule has 0 aromatic carbocycles. The van der Waals surface area contributed by atoms with E-state index in [1.54, 1.807) is 30.8 Å². The molecule has 10 heteroatoms. The maximum atomic E-state index is 12.0. The van der Waals surface area contributed by atoms with E-state index in [2.05, 4.69) is 35.8 Å². The van der Waals surface area contributed by atoms with Gasteiger partial charge in [-0.2, -0.15) is 0 Å². The molecule has 0 fully saturated rings. The van der Waals surface area contributed by atoms with Crippen LogP contribution in [0.25, 0.3) is 0 Å². The van der Waals surface area contributed by atoms with Gasteiger partial charge in [-0.3, -0.25) is 4.79 Å². The van der Waals surface area contributed by atoms with Crippen LogP contribution < -0.4 is 10.6 Å². The third-order valence-corrected chi connectivity index (χ3v) is 3.25. The largest absolute Gasteiger partial charge is 0.424 e. The topological polar surface area (TPSA) is 119 Å². The Morgan fingerprint density at radius 3 is 2.86 bits per heavy atom. The minimum absolute atomic E-state index is 0.155. The van der Waals surface area contributed by atoms with Crippen molar-refractivity contribution in [2.75, 3.05) is 5.32 Å². The molecule has 1 amide bonds. The summed E-state index contributed by atoms with van der Waals surface area (Å²) in [5, 5.41) is 15.2. The number of hydrogen-bond donors (Lipinski definition) is 2. The van der Waals surface area contributed by atoms with Crippen LogP contribution in [0.15, 0.2) is 28.3 Å². The quantitative estimate of drug-likeness (QED) is 0.722. The number of thiazole rings is 1. The van der Waals surface area contributed by atoms with Crippen molar-refractivity contribution in [3.63, 3.8) is 0 Å². The lowest BCUT2D eigenvalue weighted by atomic mass is 10.4. The highest BCUT2D eigenvalue weighted by molar-refractivity contribution is 7.14. The van der Waals surface area contributed by atoms with Crippen LogP contribution in [0.5, 0.6) is 0 Å². The first-order chi connectivity index (χ1) is 10.7. The molecular formula is C12H11N7O2S. The van der Waals surface area contributed by atoms with Gasteiger partial charge < -0.3 is 15.1 Å². The van der Waals surface area contributed by atoms with Crippen molar-refractivity contribution in [3.8, 4) is 0 Å². The number of anilines is 2. The van der Waals surface area contributed by atoms with Crippen molar-refractivity contribution in [2.45, 2.75) is 13.5 Å². The monoisotopic (exact) mass is 317 g/mol. The minimum Gasteiger partial charge on any atom is -0.424 e. The van der Waals surface area contributed by atoms with Gasteiger partial charge in [0.25, 0.3) is 5.91 Å². The van der Waals surface area contributed by atoms with Crippen molar-refractivity contribution in [1.82, 2.24) is 30.5 Å². The molecule has 0 unspecified atom stereocenters. The molecule has 22 heavy (non-hydrogen) atoms. The molecule has 0 radical (unpaired) electrons. The Balaban J connectivity index is 1.59. The third kappa shape index (κ3) is 3.41. The van der Waals surface area contributed by atoms with E-state index in [-0.39, 0.29) is 12.5 Å². The molecule has 3 aromatic heterocycles. The van der Waals surface area contributed by atoms with Gasteiger partial charge in [0.15, 0.2) is 5.13 Å². The maximum Gasteiger partial charge on any atom is 0.271 e. The summed E-state index contributed by atoms with van der Waals surface area (Å²) in [5.74, 6) is 0.892. The van der Waals surface area contributed by atoms with E-state index in [0.29, 0.717) is 28.6 Å². The van der Waals surface area contributed by atoms with Crippen LogP contribution >= 0.6 is 11.3 Å². The first-order valence-electron chi connectivity index (χ1n) is 6.27. The SMILES string of the molecule is Cc1nnc(CNC(=O)c2csc(Nc3ncccn3)n2)o1. The van der Waals surface area contributed by atoms with Gasteiger partial charge in [-0.05, 0) is 6.07 Å². The number of nitrogens with one attached hydrogen (secondary N) is 2. The standard InChI is InChI=1S/C12H11N7O2S/c1-7-18-19-9(21-7)5-15-10(20)8-6-22-12(16-8)17-11-13-3-2-4-14-11/h2-4,6H,5H2,1H3,(H,15,20)(H,13,14,16,17). The van der Waals surface area contributed by atoms with Crippen LogP contribution in [0.1, 0.15) is 22.3 Å². The highest BCUT2D eigenvalue weighted by Gasteiger charge is 2.12. The Morgan fingerprint density at radius 1 is 1.32 bits per heavy atom. The van der Waals surface area contributed by atoms with E-state index in [4.69, 9.17) is 4.42 Å². The van der Waals surface area contributed by atoms with E-state index in [1.807, 2.05) is 0 Å². The molecular weight excluding hydrogens is 306 g/mol. The Kier molecular flexibility index (Phi) is 4.01. The highest BCUT2D eigenvalue weighted by atomic mass is 32.1. The molecule has 3 aromatic rings. The summed E-state index contributed by atoms with van der Waals surface area (Å²) in [6.07, 6.45) is 3.23. The summed E-state index contributed by atoms with van der Waals surface area (Å²) in [6, 6.07) is 1.71. The summed E-state index contributed by atoms with van der Waals surface area (Å²) >= 11 is 1.28. The van der Waals surface area contributed by atoms with Crippen molar-refractivity contribution < 1.29 is 9.21 Å². The fourth-order valence-corrected chi connectivity index (χ4v) is 2.23. The van der Waals surface area contributed by atoms with Gasteiger partial charge in [0.2, 0.25) is 17.7 Å². The molecule has 0 aliphatic heterocycles. The molecule has 0 bridgehead atoms. The lowest BCUT2D eigenvalue weighted by Gasteiger charge is -1.99. The van der Waals surface area contributed by atoms with E-state index in [9.17, 15) is 4.79 Å². The minimum atomic E-state index is -0.325. The summed E-state index contributed by atoms with van der Waals surface area (Å²) in [4.78, 5) is 24.2. The summed E-state index contributed by atoms with van der Waals surface area (Å²) in [7, 11) is 0. The van der Waals surface area contributed by atoms with Gasteiger partial charge in [-0.15, -0.1) is 21.5 Å². The zero-order valence-electron chi connectivity index (χ0n) is 11.5. The summed E-state index contributed by atoms with van der Waals surface area (Å²) < 4.78 is 5.17. The predicted molar refractivity (Wildman–Crippen MR) is 77.6 cm³/mol. The Hall–Kier alpha value is -2.88. The molecule has 3 rings (SSSR count). The first-order valence-corrected chi connectivity index (χ1v) is 7.15. The molecule has 0 saturated heterocycles. The molecule has 2 N–H and O–H groups in total. The van der Waals surface area contributed by atoms with Gasteiger partial charge in [0, 0.05) is 24.7 Å². The van der Waals surface area contributed by atoms with Gasteiger partial charge >= 0.3 is 0 Å². The third-order valence-electron chi connectivity index (χ3n) is 2.49. The van der Waals surface area contributed by atoms with Gasteiger partial charge in [-0.1, -0.05) is 0 Å². The lowest BCUT2D eigenvalue weighted by Crippen LogP contribution is -2.23. The molecule has 112 valence electrons. The van der Waals surface area contributed by atoms with Crippen LogP contribution in [0.2, 0.25) is 0 Å². The zero-order valence-corrected chi connectivity index (χ0v) is 12.3. The maximum absolute atomic E-state index is 12.0. The second kappa shape index (κ2) is 6.26. The number of carbonyl (C=O) groups excluding carboxylic acids is 1. The van der Waals surface area contributed by atoms with Crippen molar-refractivity contribution in [3.05, 3.63) is 41.3 Å². The summed E-state index contributed by atoms with van der Waals surface area (Å²) in [5.41, 5.74) is 0.291. The molecule has 0 saturated carbocycles. The Labute approximate surface area is 128 Å². The number of aromatic nitrogens is 5. The molecule has 0 aliphatic rings. The normalized spacial score (nSPS) is 10.4. The fraction of sp³-hybridized carbons (Fsp3) is 0.167. The number of aryl methyl sites for hydroxylation is 1. The van der Waals surface area contributed by atoms with Gasteiger partial charge in [0.1, 0.15) is 5.69 Å². The number of carbonyl (C=O) groups is 1. The second-order valence-electron chi connectivity index (χ2n) is 4.13. The van der Waals surface area contributed by atoms with E-state index in [0.717, 1.165) is 0 Å². The molecule has 0 atom stereocenters. The predicted octanol–water partition coefficient (Wildman–Crippen LogP) is 1.30. The average molecular weight is 317 g/mol. The number of amides is 1.